The van der Waals surface area contributed by atoms with Gasteiger partial charge >= 0.3 is 6.03 Å². The summed E-state index contributed by atoms with van der Waals surface area (Å²) in [5, 5.41) is 0. The third-order valence-corrected chi connectivity index (χ3v) is 4.93. The molecule has 0 aromatic carbocycles. The van der Waals surface area contributed by atoms with Crippen LogP contribution in [0.2, 0.25) is 0 Å². The number of ketones is 2. The summed E-state index contributed by atoms with van der Waals surface area (Å²) in [6.07, 6.45) is 0. The van der Waals surface area contributed by atoms with E-state index < -0.39 is 0 Å². The highest BCUT2D eigenvalue weighted by Gasteiger charge is 2.30. The number of piperazine rings is 1. The first kappa shape index (κ1) is 19.2. The molecule has 0 saturated carbocycles. The van der Waals surface area contributed by atoms with Crippen LogP contribution < -0.4 is 0 Å². The quantitative estimate of drug-likeness (QED) is 0.841. The van der Waals surface area contributed by atoms with Crippen molar-refractivity contribution in [3.05, 3.63) is 22.5 Å². The smallest absolute Gasteiger partial charge is 0.319 e. The standard InChI is InChI=1S/C18H28N4O3/c1-11-15(14(4)23)12(2)19-16(11)17(24)13(3)21-7-9-22(10-8-21)18(25)20(5)6/h13,19H,7-10H2,1-6H3/t13-/m1/s1. The number of rotatable bonds is 4. The molecule has 2 rings (SSSR count). The lowest BCUT2D eigenvalue weighted by molar-refractivity contribution is 0.0718. The van der Waals surface area contributed by atoms with Gasteiger partial charge in [0, 0.05) is 51.5 Å². The summed E-state index contributed by atoms with van der Waals surface area (Å²) in [7, 11) is 3.48. The third kappa shape index (κ3) is 3.76. The van der Waals surface area contributed by atoms with Crippen molar-refractivity contribution in [1.29, 1.82) is 0 Å². The molecule has 1 saturated heterocycles. The van der Waals surface area contributed by atoms with E-state index in [1.54, 1.807) is 23.9 Å². The number of aromatic amines is 1. The highest BCUT2D eigenvalue weighted by molar-refractivity contribution is 6.05. The molecule has 25 heavy (non-hydrogen) atoms. The average Bonchev–Trinajstić information content (AvgIpc) is 2.87. The van der Waals surface area contributed by atoms with E-state index >= 15 is 0 Å². The Morgan fingerprint density at radius 2 is 1.64 bits per heavy atom. The average molecular weight is 348 g/mol. The molecule has 0 aliphatic carbocycles. The molecule has 138 valence electrons. The van der Waals surface area contributed by atoms with Crippen molar-refractivity contribution in [2.75, 3.05) is 40.3 Å². The fourth-order valence-corrected chi connectivity index (χ4v) is 3.48. The molecule has 1 aromatic rings. The number of nitrogens with one attached hydrogen (secondary N) is 1. The van der Waals surface area contributed by atoms with Crippen molar-refractivity contribution in [1.82, 2.24) is 19.7 Å². The van der Waals surface area contributed by atoms with E-state index in [-0.39, 0.29) is 23.6 Å². The molecule has 0 radical (unpaired) electrons. The second-order valence-corrected chi connectivity index (χ2v) is 6.92. The van der Waals surface area contributed by atoms with Crippen LogP contribution in [0.5, 0.6) is 0 Å². The monoisotopic (exact) mass is 348 g/mol. The first-order chi connectivity index (χ1) is 11.6. The van der Waals surface area contributed by atoms with E-state index in [4.69, 9.17) is 0 Å². The zero-order valence-corrected chi connectivity index (χ0v) is 16.0. The van der Waals surface area contributed by atoms with Crippen LogP contribution in [0.15, 0.2) is 0 Å². The topological polar surface area (TPSA) is 76.7 Å². The summed E-state index contributed by atoms with van der Waals surface area (Å²) >= 11 is 0. The lowest BCUT2D eigenvalue weighted by Gasteiger charge is -2.38. The Kier molecular flexibility index (Phi) is 5.67. The van der Waals surface area contributed by atoms with Gasteiger partial charge in [0.1, 0.15) is 0 Å². The maximum atomic E-state index is 12.9. The van der Waals surface area contributed by atoms with Crippen molar-refractivity contribution >= 4 is 17.6 Å². The van der Waals surface area contributed by atoms with E-state index in [9.17, 15) is 14.4 Å². The second kappa shape index (κ2) is 7.39. The van der Waals surface area contributed by atoms with Gasteiger partial charge < -0.3 is 14.8 Å². The molecule has 1 aliphatic rings. The van der Waals surface area contributed by atoms with Gasteiger partial charge in [-0.1, -0.05) is 0 Å². The van der Waals surface area contributed by atoms with Crippen LogP contribution in [-0.4, -0.2) is 83.6 Å². The van der Waals surface area contributed by atoms with Gasteiger partial charge in [0.2, 0.25) is 0 Å². The first-order valence-electron chi connectivity index (χ1n) is 8.59. The third-order valence-electron chi connectivity index (χ3n) is 4.93. The van der Waals surface area contributed by atoms with E-state index in [0.29, 0.717) is 37.4 Å². The predicted molar refractivity (Wildman–Crippen MR) is 96.3 cm³/mol. The van der Waals surface area contributed by atoms with Crippen molar-refractivity contribution < 1.29 is 14.4 Å². The lowest BCUT2D eigenvalue weighted by atomic mass is 10.0. The summed E-state index contributed by atoms with van der Waals surface area (Å²) in [5.74, 6) is -0.0470. The number of hydrogen-bond acceptors (Lipinski definition) is 4. The van der Waals surface area contributed by atoms with Gasteiger partial charge in [0.25, 0.3) is 0 Å². The van der Waals surface area contributed by atoms with Crippen molar-refractivity contribution in [2.24, 2.45) is 0 Å². The fraction of sp³-hybridized carbons (Fsp3) is 0.611. The molecule has 2 amide bonds. The normalized spacial score (nSPS) is 16.6. The number of aryl methyl sites for hydroxylation is 1. The van der Waals surface area contributed by atoms with Crippen molar-refractivity contribution in [2.45, 2.75) is 33.7 Å². The zero-order valence-electron chi connectivity index (χ0n) is 16.0. The Hall–Kier alpha value is -2.15. The summed E-state index contributed by atoms with van der Waals surface area (Å²) < 4.78 is 0. The minimum Gasteiger partial charge on any atom is -0.355 e. The Balaban J connectivity index is 2.08. The van der Waals surface area contributed by atoms with Crippen LogP contribution >= 0.6 is 0 Å². The molecule has 1 atom stereocenters. The minimum atomic E-state index is -0.298. The number of nitrogens with zero attached hydrogens (tertiary/aromatic N) is 3. The molecule has 0 spiro atoms. The van der Waals surface area contributed by atoms with Crippen LogP contribution in [0.3, 0.4) is 0 Å². The zero-order chi connectivity index (χ0) is 18.9. The number of aromatic nitrogens is 1. The Morgan fingerprint density at radius 1 is 1.08 bits per heavy atom. The van der Waals surface area contributed by atoms with Crippen LogP contribution in [-0.2, 0) is 0 Å². The van der Waals surface area contributed by atoms with Gasteiger partial charge in [-0.25, -0.2) is 4.79 Å². The van der Waals surface area contributed by atoms with Crippen LogP contribution in [0.25, 0.3) is 0 Å². The number of H-pyrrole nitrogens is 1. The summed E-state index contributed by atoms with van der Waals surface area (Å²) in [6.45, 7) is 9.56. The fourth-order valence-electron chi connectivity index (χ4n) is 3.48. The minimum absolute atomic E-state index is 0.000525. The highest BCUT2D eigenvalue weighted by atomic mass is 16.2. The van der Waals surface area contributed by atoms with Gasteiger partial charge in [0.05, 0.1) is 11.7 Å². The van der Waals surface area contributed by atoms with Gasteiger partial charge in [-0.2, -0.15) is 0 Å². The SMILES string of the molecule is CC(=O)c1c(C)[nH]c(C(=O)[C@@H](C)N2CCN(C(=O)N(C)C)CC2)c1C. The first-order valence-corrected chi connectivity index (χ1v) is 8.59. The Bertz CT molecular complexity index is 685. The van der Waals surface area contributed by atoms with Gasteiger partial charge in [-0.05, 0) is 33.3 Å². The summed E-state index contributed by atoms with van der Waals surface area (Å²) in [4.78, 5) is 45.2. The maximum absolute atomic E-state index is 12.9. The van der Waals surface area contributed by atoms with E-state index in [1.165, 1.54) is 6.92 Å². The number of amides is 2. The maximum Gasteiger partial charge on any atom is 0.319 e. The van der Waals surface area contributed by atoms with Crippen molar-refractivity contribution in [3.8, 4) is 0 Å². The molecule has 1 fully saturated rings. The van der Waals surface area contributed by atoms with E-state index in [1.807, 2.05) is 20.8 Å². The molecule has 7 nitrogen and oxygen atoms in total. The lowest BCUT2D eigenvalue weighted by Crippen LogP contribution is -2.54. The van der Waals surface area contributed by atoms with E-state index in [2.05, 4.69) is 9.88 Å². The van der Waals surface area contributed by atoms with Gasteiger partial charge in [-0.3, -0.25) is 14.5 Å². The molecule has 1 aromatic heterocycles. The molecular formula is C18H28N4O3. The molecule has 0 unspecified atom stereocenters. The van der Waals surface area contributed by atoms with Gasteiger partial charge in [-0.15, -0.1) is 0 Å². The molecule has 1 N–H and O–H groups in total. The molecule has 1 aliphatic heterocycles. The molecule has 0 bridgehead atoms. The van der Waals surface area contributed by atoms with Crippen LogP contribution in [0, 0.1) is 13.8 Å². The highest BCUT2D eigenvalue weighted by Crippen LogP contribution is 2.21. The van der Waals surface area contributed by atoms with Crippen LogP contribution in [0.1, 0.15) is 46.0 Å². The number of urea groups is 1. The second-order valence-electron chi connectivity index (χ2n) is 6.92. The number of hydrogen-bond donors (Lipinski definition) is 1. The number of Topliss-reactive ketones (excluding diaryl/α,β-unsaturated/α-hetero) is 2. The molecule has 2 heterocycles. The predicted octanol–water partition coefficient (Wildman–Crippen LogP) is 1.70. The van der Waals surface area contributed by atoms with Gasteiger partial charge in [0.15, 0.2) is 11.6 Å². The van der Waals surface area contributed by atoms with Crippen molar-refractivity contribution in [3.63, 3.8) is 0 Å². The Morgan fingerprint density at radius 3 is 2.08 bits per heavy atom. The largest absolute Gasteiger partial charge is 0.355 e. The van der Waals surface area contributed by atoms with E-state index in [0.717, 1.165) is 11.3 Å². The molecule has 7 heteroatoms. The number of carbonyl (C=O) groups is 3. The molecular weight excluding hydrogens is 320 g/mol. The summed E-state index contributed by atoms with van der Waals surface area (Å²) in [5.41, 5.74) is 2.59. The number of carbonyl (C=O) groups excluding carboxylic acids is 3. The summed E-state index contributed by atoms with van der Waals surface area (Å²) in [6, 6.07) is -0.297. The van der Waals surface area contributed by atoms with Crippen LogP contribution in [0.4, 0.5) is 4.79 Å². The Labute approximate surface area is 149 Å².